The largest absolute Gasteiger partial charge is 0.353 e. The second-order valence-corrected chi connectivity index (χ2v) is 11.8. The smallest absolute Gasteiger partial charge is 0.226 e. The molecule has 4 nitrogen and oxygen atoms in total. The van der Waals surface area contributed by atoms with E-state index in [1.54, 1.807) is 0 Å². The molecular weight excluding hydrogens is 360 g/mol. The van der Waals surface area contributed by atoms with Crippen LogP contribution in [0.3, 0.4) is 0 Å². The molecule has 0 spiro atoms. The number of carbonyl (C=O) groups excluding carboxylic acids is 2. The number of fused-ring (bicyclic) bond motifs is 5. The van der Waals surface area contributed by atoms with Gasteiger partial charge in [0.15, 0.2) is 0 Å². The summed E-state index contributed by atoms with van der Waals surface area (Å²) in [6.45, 7) is 9.20. The zero-order chi connectivity index (χ0) is 20.4. The van der Waals surface area contributed by atoms with Gasteiger partial charge in [0.2, 0.25) is 11.8 Å². The summed E-state index contributed by atoms with van der Waals surface area (Å²) in [5.74, 6) is 3.94. The molecular formula is C25H40N2O2. The van der Waals surface area contributed by atoms with Gasteiger partial charge in [-0.05, 0) is 92.3 Å². The van der Waals surface area contributed by atoms with Gasteiger partial charge in [-0.25, -0.2) is 0 Å². The lowest BCUT2D eigenvalue weighted by Crippen LogP contribution is -2.61. The van der Waals surface area contributed by atoms with Gasteiger partial charge in [0.25, 0.3) is 0 Å². The van der Waals surface area contributed by atoms with E-state index in [4.69, 9.17) is 0 Å². The standard InChI is InChI=1S/C25H40N2O2/c1-16-10-14-27(15-11-16)23(29)20-6-5-18-17-4-7-21-25(3,13-9-22(28)26-21)19(17)8-12-24(18,20)2/h16-21H,4-15H2,1-3H3,(H,26,28)/t17-,18-,19-,20+,21+,24-,25+/m0/s1. The Hall–Kier alpha value is -1.06. The van der Waals surface area contributed by atoms with Gasteiger partial charge in [0.1, 0.15) is 0 Å². The van der Waals surface area contributed by atoms with Gasteiger partial charge in [-0.1, -0.05) is 20.8 Å². The van der Waals surface area contributed by atoms with Gasteiger partial charge in [-0.3, -0.25) is 9.59 Å². The Morgan fingerprint density at radius 1 is 0.931 bits per heavy atom. The first-order valence-electron chi connectivity index (χ1n) is 12.4. The highest BCUT2D eigenvalue weighted by Crippen LogP contribution is 2.65. The van der Waals surface area contributed by atoms with E-state index in [0.717, 1.165) is 50.1 Å². The molecule has 1 N–H and O–H groups in total. The molecule has 5 aliphatic rings. The van der Waals surface area contributed by atoms with Crippen molar-refractivity contribution in [2.24, 2.45) is 40.4 Å². The van der Waals surface area contributed by atoms with Crippen LogP contribution in [0, 0.1) is 40.4 Å². The number of hydrogen-bond acceptors (Lipinski definition) is 2. The Balaban J connectivity index is 1.34. The molecule has 0 aromatic heterocycles. The minimum absolute atomic E-state index is 0.197. The lowest BCUT2D eigenvalue weighted by atomic mass is 9.47. The van der Waals surface area contributed by atoms with Crippen LogP contribution in [-0.2, 0) is 9.59 Å². The van der Waals surface area contributed by atoms with Crippen molar-refractivity contribution in [2.45, 2.75) is 91.0 Å². The Morgan fingerprint density at radius 2 is 1.66 bits per heavy atom. The molecule has 7 atom stereocenters. The van der Waals surface area contributed by atoms with E-state index in [1.165, 1.54) is 38.5 Å². The quantitative estimate of drug-likeness (QED) is 0.710. The molecule has 2 heterocycles. The summed E-state index contributed by atoms with van der Waals surface area (Å²) in [5.41, 5.74) is 0.464. The average molecular weight is 401 g/mol. The predicted octanol–water partition coefficient (Wildman–Crippen LogP) is 4.38. The third kappa shape index (κ3) is 2.98. The van der Waals surface area contributed by atoms with Crippen molar-refractivity contribution in [3.05, 3.63) is 0 Å². The number of nitrogens with zero attached hydrogens (tertiary/aromatic N) is 1. The number of likely N-dealkylation sites (tertiary alicyclic amines) is 1. The maximum Gasteiger partial charge on any atom is 0.226 e. The summed E-state index contributed by atoms with van der Waals surface area (Å²) in [6.07, 6.45) is 11.3. The lowest BCUT2D eigenvalue weighted by Gasteiger charge is -2.60. The number of amides is 2. The van der Waals surface area contributed by atoms with Crippen LogP contribution >= 0.6 is 0 Å². The second-order valence-electron chi connectivity index (χ2n) is 11.8. The SMILES string of the molecule is CC1CCN(C(=O)[C@H]2CC[C@H]3[C@@H]4CC[C@H]5NC(=O)CC[C@]5(C)[C@H]4CC[C@]23C)CC1. The van der Waals surface area contributed by atoms with Crippen molar-refractivity contribution >= 4 is 11.8 Å². The average Bonchev–Trinajstić information content (AvgIpc) is 3.06. The van der Waals surface area contributed by atoms with Gasteiger partial charge in [0, 0.05) is 31.5 Å². The molecule has 5 fully saturated rings. The highest BCUT2D eigenvalue weighted by atomic mass is 16.2. The fraction of sp³-hybridized carbons (Fsp3) is 0.920. The third-order valence-electron chi connectivity index (χ3n) is 10.5. The molecule has 0 unspecified atom stereocenters. The van der Waals surface area contributed by atoms with Crippen LogP contribution in [0.1, 0.15) is 85.0 Å². The summed E-state index contributed by atoms with van der Waals surface area (Å²) >= 11 is 0. The van der Waals surface area contributed by atoms with Crippen LogP contribution in [0.15, 0.2) is 0 Å². The first-order chi connectivity index (χ1) is 13.8. The Labute approximate surface area is 176 Å². The fourth-order valence-electron chi connectivity index (χ4n) is 8.56. The number of piperidine rings is 2. The van der Waals surface area contributed by atoms with Crippen molar-refractivity contribution in [2.75, 3.05) is 13.1 Å². The van der Waals surface area contributed by atoms with Crippen LogP contribution in [0.25, 0.3) is 0 Å². The maximum atomic E-state index is 13.5. The summed E-state index contributed by atoms with van der Waals surface area (Å²) in [5, 5.41) is 3.33. The van der Waals surface area contributed by atoms with Crippen molar-refractivity contribution in [1.82, 2.24) is 10.2 Å². The number of hydrogen-bond donors (Lipinski definition) is 1. The number of rotatable bonds is 1. The normalized spacial score (nSPS) is 47.8. The van der Waals surface area contributed by atoms with Crippen LogP contribution in [0.4, 0.5) is 0 Å². The fourth-order valence-corrected chi connectivity index (χ4v) is 8.56. The van der Waals surface area contributed by atoms with Gasteiger partial charge in [-0.15, -0.1) is 0 Å². The first-order valence-corrected chi connectivity index (χ1v) is 12.4. The minimum atomic E-state index is 0.197. The maximum absolute atomic E-state index is 13.5. The highest BCUT2D eigenvalue weighted by Gasteiger charge is 2.61. The van der Waals surface area contributed by atoms with Gasteiger partial charge in [-0.2, -0.15) is 0 Å². The molecule has 4 heteroatoms. The van der Waals surface area contributed by atoms with Crippen LogP contribution in [0.5, 0.6) is 0 Å². The topological polar surface area (TPSA) is 49.4 Å². The zero-order valence-electron chi connectivity index (χ0n) is 18.7. The highest BCUT2D eigenvalue weighted by molar-refractivity contribution is 5.80. The Morgan fingerprint density at radius 3 is 2.41 bits per heavy atom. The first kappa shape index (κ1) is 19.9. The van der Waals surface area contributed by atoms with E-state index in [0.29, 0.717) is 24.3 Å². The summed E-state index contributed by atoms with van der Waals surface area (Å²) < 4.78 is 0. The number of nitrogens with one attached hydrogen (secondary N) is 1. The van der Waals surface area contributed by atoms with E-state index in [1.807, 2.05) is 0 Å². The van der Waals surface area contributed by atoms with Crippen molar-refractivity contribution in [1.29, 1.82) is 0 Å². The molecule has 29 heavy (non-hydrogen) atoms. The van der Waals surface area contributed by atoms with E-state index in [-0.39, 0.29) is 22.7 Å². The number of carbonyl (C=O) groups is 2. The van der Waals surface area contributed by atoms with Crippen molar-refractivity contribution in [3.8, 4) is 0 Å². The molecule has 0 bridgehead atoms. The van der Waals surface area contributed by atoms with Crippen molar-refractivity contribution < 1.29 is 9.59 Å². The predicted molar refractivity (Wildman–Crippen MR) is 114 cm³/mol. The van der Waals surface area contributed by atoms with E-state index < -0.39 is 0 Å². The Kier molecular flexibility index (Phi) is 4.79. The molecule has 162 valence electrons. The summed E-state index contributed by atoms with van der Waals surface area (Å²) in [4.78, 5) is 27.7. The molecule has 2 amide bonds. The van der Waals surface area contributed by atoms with Gasteiger partial charge in [0.05, 0.1) is 0 Å². The molecule has 2 aliphatic heterocycles. The van der Waals surface area contributed by atoms with E-state index >= 15 is 0 Å². The molecule has 0 radical (unpaired) electrons. The monoisotopic (exact) mass is 400 g/mol. The molecule has 0 aromatic rings. The van der Waals surface area contributed by atoms with E-state index in [9.17, 15) is 9.59 Å². The third-order valence-corrected chi connectivity index (χ3v) is 10.5. The van der Waals surface area contributed by atoms with Crippen LogP contribution < -0.4 is 5.32 Å². The van der Waals surface area contributed by atoms with Gasteiger partial charge >= 0.3 is 0 Å². The molecule has 2 saturated heterocycles. The zero-order valence-corrected chi connectivity index (χ0v) is 18.7. The van der Waals surface area contributed by atoms with Crippen LogP contribution in [-0.4, -0.2) is 35.8 Å². The Bertz CT molecular complexity index is 684. The second kappa shape index (κ2) is 6.99. The molecule has 3 aliphatic carbocycles. The molecule has 3 saturated carbocycles. The van der Waals surface area contributed by atoms with Gasteiger partial charge < -0.3 is 10.2 Å². The van der Waals surface area contributed by atoms with Crippen LogP contribution in [0.2, 0.25) is 0 Å². The molecule has 5 rings (SSSR count). The molecule has 0 aromatic carbocycles. The lowest BCUT2D eigenvalue weighted by molar-refractivity contribution is -0.148. The minimum Gasteiger partial charge on any atom is -0.353 e. The summed E-state index contributed by atoms with van der Waals surface area (Å²) in [7, 11) is 0. The van der Waals surface area contributed by atoms with E-state index in [2.05, 4.69) is 31.0 Å². The van der Waals surface area contributed by atoms with Crippen molar-refractivity contribution in [3.63, 3.8) is 0 Å². The summed E-state index contributed by atoms with van der Waals surface area (Å²) in [6, 6.07) is 0.378.